The maximum atomic E-state index is 12.1. The molecule has 0 aromatic heterocycles. The van der Waals surface area contributed by atoms with Crippen molar-refractivity contribution < 1.29 is 14.3 Å². The second-order valence-corrected chi connectivity index (χ2v) is 4.59. The summed E-state index contributed by atoms with van der Waals surface area (Å²) in [7, 11) is 1.58. The molecule has 1 aliphatic heterocycles. The van der Waals surface area contributed by atoms with Crippen LogP contribution >= 0.6 is 0 Å². The van der Waals surface area contributed by atoms with Gasteiger partial charge in [0.15, 0.2) is 0 Å². The smallest absolute Gasteiger partial charge is 0.239 e. The third-order valence-electron chi connectivity index (χ3n) is 3.44. The molecule has 0 aromatic rings. The lowest BCUT2D eigenvalue weighted by Gasteiger charge is -2.24. The fraction of sp³-hybridized carbons (Fsp3) is 0.833. The minimum absolute atomic E-state index is 0.0307. The summed E-state index contributed by atoms with van der Waals surface area (Å²) in [4.78, 5) is 23.5. The van der Waals surface area contributed by atoms with Gasteiger partial charge in [0.2, 0.25) is 11.8 Å². The van der Waals surface area contributed by atoms with E-state index in [2.05, 4.69) is 16.0 Å². The summed E-state index contributed by atoms with van der Waals surface area (Å²) in [5.41, 5.74) is -0.340. The third kappa shape index (κ3) is 3.96. The van der Waals surface area contributed by atoms with E-state index in [0.717, 1.165) is 19.4 Å². The highest BCUT2D eigenvalue weighted by Crippen LogP contribution is 2.29. The Morgan fingerprint density at radius 1 is 1.39 bits per heavy atom. The number of ether oxygens (including phenoxy) is 1. The molecule has 1 unspecified atom stereocenters. The predicted octanol–water partition coefficient (Wildman–Crippen LogP) is -0.745. The third-order valence-corrected chi connectivity index (χ3v) is 3.44. The number of amides is 2. The van der Waals surface area contributed by atoms with Gasteiger partial charge in [0.1, 0.15) is 0 Å². The van der Waals surface area contributed by atoms with Crippen molar-refractivity contribution in [2.24, 2.45) is 5.41 Å². The molecule has 6 nitrogen and oxygen atoms in total. The Balaban J connectivity index is 2.29. The van der Waals surface area contributed by atoms with Gasteiger partial charge in [0, 0.05) is 20.2 Å². The quantitative estimate of drug-likeness (QED) is 0.525. The number of methoxy groups -OCH3 is 1. The average Bonchev–Trinajstić information content (AvgIpc) is 2.86. The molecular formula is C12H23N3O3. The number of carbonyl (C=O) groups is 2. The van der Waals surface area contributed by atoms with Gasteiger partial charge in [-0.25, -0.2) is 0 Å². The van der Waals surface area contributed by atoms with Crippen LogP contribution in [0.5, 0.6) is 0 Å². The molecule has 1 aliphatic rings. The van der Waals surface area contributed by atoms with Gasteiger partial charge < -0.3 is 20.7 Å². The van der Waals surface area contributed by atoms with Gasteiger partial charge in [0.25, 0.3) is 0 Å². The van der Waals surface area contributed by atoms with Crippen molar-refractivity contribution >= 4 is 11.8 Å². The van der Waals surface area contributed by atoms with Gasteiger partial charge in [0.05, 0.1) is 18.6 Å². The van der Waals surface area contributed by atoms with Crippen molar-refractivity contribution in [3.05, 3.63) is 0 Å². The van der Waals surface area contributed by atoms with Crippen LogP contribution in [0.4, 0.5) is 0 Å². The second-order valence-electron chi connectivity index (χ2n) is 4.59. The number of hydrogen-bond donors (Lipinski definition) is 3. The lowest BCUT2D eigenvalue weighted by molar-refractivity contribution is -0.132. The van der Waals surface area contributed by atoms with Gasteiger partial charge >= 0.3 is 0 Å². The number of carbonyl (C=O) groups excluding carboxylic acids is 2. The maximum Gasteiger partial charge on any atom is 0.239 e. The molecule has 0 spiro atoms. The van der Waals surface area contributed by atoms with Gasteiger partial charge in [-0.3, -0.25) is 9.59 Å². The van der Waals surface area contributed by atoms with Gasteiger partial charge in [-0.2, -0.15) is 0 Å². The van der Waals surface area contributed by atoms with Gasteiger partial charge in [-0.1, -0.05) is 6.92 Å². The standard InChI is InChI=1S/C12H23N3O3/c1-3-12(4-5-13-9-12)11(17)15-8-10(16)14-6-7-18-2/h13H,3-9H2,1-2H3,(H,14,16)(H,15,17). The summed E-state index contributed by atoms with van der Waals surface area (Å²) in [5.74, 6) is -0.213. The van der Waals surface area contributed by atoms with Crippen LogP contribution < -0.4 is 16.0 Å². The molecule has 0 radical (unpaired) electrons. The first-order chi connectivity index (χ1) is 8.64. The van der Waals surface area contributed by atoms with E-state index in [4.69, 9.17) is 4.74 Å². The fourth-order valence-electron chi connectivity index (χ4n) is 2.10. The molecule has 1 fully saturated rings. The van der Waals surface area contributed by atoms with Gasteiger partial charge in [-0.05, 0) is 19.4 Å². The van der Waals surface area contributed by atoms with E-state index in [1.165, 1.54) is 0 Å². The Hall–Kier alpha value is -1.14. The van der Waals surface area contributed by atoms with Crippen LogP contribution in [0.2, 0.25) is 0 Å². The molecule has 1 saturated heterocycles. The summed E-state index contributed by atoms with van der Waals surface area (Å²) in [6.07, 6.45) is 1.62. The van der Waals surface area contributed by atoms with Crippen LogP contribution in [0.3, 0.4) is 0 Å². The highest BCUT2D eigenvalue weighted by atomic mass is 16.5. The molecule has 18 heavy (non-hydrogen) atoms. The zero-order chi connectivity index (χ0) is 13.4. The van der Waals surface area contributed by atoms with E-state index in [-0.39, 0.29) is 23.8 Å². The highest BCUT2D eigenvalue weighted by Gasteiger charge is 2.39. The van der Waals surface area contributed by atoms with Crippen molar-refractivity contribution in [3.63, 3.8) is 0 Å². The molecule has 2 amide bonds. The Morgan fingerprint density at radius 2 is 2.17 bits per heavy atom. The van der Waals surface area contributed by atoms with Crippen molar-refractivity contribution in [2.75, 3.05) is 39.9 Å². The Bertz CT molecular complexity index is 288. The van der Waals surface area contributed by atoms with Crippen LogP contribution in [0.25, 0.3) is 0 Å². The first kappa shape index (κ1) is 14.9. The van der Waals surface area contributed by atoms with Crippen molar-refractivity contribution in [3.8, 4) is 0 Å². The van der Waals surface area contributed by atoms with Crippen LogP contribution in [0.1, 0.15) is 19.8 Å². The van der Waals surface area contributed by atoms with Crippen LogP contribution in [0, 0.1) is 5.41 Å². The largest absolute Gasteiger partial charge is 0.383 e. The maximum absolute atomic E-state index is 12.1. The Morgan fingerprint density at radius 3 is 2.72 bits per heavy atom. The Labute approximate surface area is 108 Å². The number of rotatable bonds is 7. The normalized spacial score (nSPS) is 22.8. The topological polar surface area (TPSA) is 79.5 Å². The summed E-state index contributed by atoms with van der Waals surface area (Å²) >= 11 is 0. The molecule has 0 aromatic carbocycles. The van der Waals surface area contributed by atoms with E-state index in [0.29, 0.717) is 19.7 Å². The van der Waals surface area contributed by atoms with Crippen LogP contribution in [0.15, 0.2) is 0 Å². The zero-order valence-electron chi connectivity index (χ0n) is 11.2. The summed E-state index contributed by atoms with van der Waals surface area (Å²) in [6.45, 7) is 4.53. The lowest BCUT2D eigenvalue weighted by atomic mass is 9.83. The average molecular weight is 257 g/mol. The second kappa shape index (κ2) is 7.33. The summed E-state index contributed by atoms with van der Waals surface area (Å²) in [6, 6.07) is 0. The molecule has 0 aliphatic carbocycles. The molecule has 3 N–H and O–H groups in total. The predicted molar refractivity (Wildman–Crippen MR) is 68.1 cm³/mol. The molecule has 1 heterocycles. The molecule has 0 saturated carbocycles. The number of nitrogens with one attached hydrogen (secondary N) is 3. The minimum Gasteiger partial charge on any atom is -0.383 e. The van der Waals surface area contributed by atoms with Crippen molar-refractivity contribution in [1.29, 1.82) is 0 Å². The first-order valence-electron chi connectivity index (χ1n) is 6.39. The number of hydrogen-bond acceptors (Lipinski definition) is 4. The monoisotopic (exact) mass is 257 g/mol. The summed E-state index contributed by atoms with van der Waals surface area (Å²) in [5, 5.41) is 8.57. The molecule has 0 bridgehead atoms. The zero-order valence-corrected chi connectivity index (χ0v) is 11.2. The van der Waals surface area contributed by atoms with Crippen molar-refractivity contribution in [1.82, 2.24) is 16.0 Å². The highest BCUT2D eigenvalue weighted by molar-refractivity contribution is 5.88. The van der Waals surface area contributed by atoms with Crippen LogP contribution in [-0.2, 0) is 14.3 Å². The fourth-order valence-corrected chi connectivity index (χ4v) is 2.10. The molecule has 104 valence electrons. The van der Waals surface area contributed by atoms with Crippen molar-refractivity contribution in [2.45, 2.75) is 19.8 Å². The Kier molecular flexibility index (Phi) is 6.07. The van der Waals surface area contributed by atoms with E-state index < -0.39 is 0 Å². The molecule has 1 rings (SSSR count). The molecule has 1 atom stereocenters. The van der Waals surface area contributed by atoms with E-state index in [9.17, 15) is 9.59 Å². The van der Waals surface area contributed by atoms with E-state index in [1.54, 1.807) is 7.11 Å². The van der Waals surface area contributed by atoms with Crippen LogP contribution in [-0.4, -0.2) is 51.7 Å². The molecule has 6 heteroatoms. The van der Waals surface area contributed by atoms with Gasteiger partial charge in [-0.15, -0.1) is 0 Å². The summed E-state index contributed by atoms with van der Waals surface area (Å²) < 4.78 is 4.82. The minimum atomic E-state index is -0.340. The SMILES string of the molecule is CCC1(C(=O)NCC(=O)NCCOC)CCNC1. The molecular weight excluding hydrogens is 234 g/mol. The van der Waals surface area contributed by atoms with E-state index >= 15 is 0 Å². The van der Waals surface area contributed by atoms with E-state index in [1.807, 2.05) is 6.92 Å². The lowest BCUT2D eigenvalue weighted by Crippen LogP contribution is -2.46. The first-order valence-corrected chi connectivity index (χ1v) is 6.39.